The van der Waals surface area contributed by atoms with Crippen LogP contribution >= 0.6 is 0 Å². The molecule has 1 fully saturated rings. The Morgan fingerprint density at radius 2 is 1.23 bits per heavy atom. The van der Waals surface area contributed by atoms with Gasteiger partial charge in [0.1, 0.15) is 12.2 Å². The highest BCUT2D eigenvalue weighted by atomic mass is 16.5. The Labute approximate surface area is 190 Å². The fourth-order valence-electron chi connectivity index (χ4n) is 4.52. The standard InChI is InChI=1S/C25H50O6/c1-2-3-4-5-6-7-8-9-10-11-12-13-14-15-21(27)16-17-31-22-18-20(19-26)23(28)25(30)24(22)29/h20-30H,2-19H2,1H3/t20?,21-,22?,23?,24?,25?/m1/s1. The topological polar surface area (TPSA) is 110 Å². The van der Waals surface area contributed by atoms with Crippen LogP contribution in [0, 0.1) is 5.92 Å². The van der Waals surface area contributed by atoms with Crippen molar-refractivity contribution in [2.45, 2.75) is 140 Å². The van der Waals surface area contributed by atoms with Gasteiger partial charge in [-0.3, -0.25) is 0 Å². The van der Waals surface area contributed by atoms with E-state index in [9.17, 15) is 25.5 Å². The first-order valence-electron chi connectivity index (χ1n) is 13.0. The summed E-state index contributed by atoms with van der Waals surface area (Å²) in [6, 6.07) is 0. The molecule has 0 heterocycles. The second-order valence-corrected chi connectivity index (χ2v) is 9.53. The van der Waals surface area contributed by atoms with Gasteiger partial charge in [-0.05, 0) is 19.3 Å². The molecule has 5 N–H and O–H groups in total. The van der Waals surface area contributed by atoms with Crippen LogP contribution in [0.4, 0.5) is 0 Å². The Morgan fingerprint density at radius 1 is 0.710 bits per heavy atom. The van der Waals surface area contributed by atoms with Crippen LogP contribution in [-0.2, 0) is 4.74 Å². The van der Waals surface area contributed by atoms with Crippen LogP contribution in [0.3, 0.4) is 0 Å². The van der Waals surface area contributed by atoms with Crippen molar-refractivity contribution in [2.75, 3.05) is 13.2 Å². The lowest BCUT2D eigenvalue weighted by Gasteiger charge is -2.39. The fraction of sp³-hybridized carbons (Fsp3) is 1.00. The van der Waals surface area contributed by atoms with E-state index in [1.165, 1.54) is 70.6 Å². The molecule has 1 rings (SSSR count). The van der Waals surface area contributed by atoms with Gasteiger partial charge >= 0.3 is 0 Å². The average Bonchev–Trinajstić information content (AvgIpc) is 2.77. The highest BCUT2D eigenvalue weighted by Crippen LogP contribution is 2.28. The summed E-state index contributed by atoms with van der Waals surface area (Å²) in [6.45, 7) is 2.29. The van der Waals surface area contributed by atoms with Crippen LogP contribution in [-0.4, -0.2) is 69.3 Å². The highest BCUT2D eigenvalue weighted by Gasteiger charge is 2.42. The molecule has 0 radical (unpaired) electrons. The summed E-state index contributed by atoms with van der Waals surface area (Å²) in [4.78, 5) is 0. The van der Waals surface area contributed by atoms with E-state index in [4.69, 9.17) is 4.74 Å². The smallest absolute Gasteiger partial charge is 0.109 e. The van der Waals surface area contributed by atoms with Gasteiger partial charge in [0, 0.05) is 19.1 Å². The zero-order valence-corrected chi connectivity index (χ0v) is 19.8. The minimum atomic E-state index is -1.31. The molecule has 186 valence electrons. The molecule has 0 saturated heterocycles. The van der Waals surface area contributed by atoms with Crippen molar-refractivity contribution in [1.29, 1.82) is 0 Å². The molecule has 0 aliphatic heterocycles. The van der Waals surface area contributed by atoms with E-state index >= 15 is 0 Å². The molecule has 0 aromatic rings. The summed E-state index contributed by atoms with van der Waals surface area (Å²) in [6.07, 6.45) is 13.9. The van der Waals surface area contributed by atoms with Gasteiger partial charge in [-0.25, -0.2) is 0 Å². The van der Waals surface area contributed by atoms with Crippen LogP contribution in [0.1, 0.15) is 110 Å². The summed E-state index contributed by atoms with van der Waals surface area (Å²) in [5, 5.41) is 49.2. The lowest BCUT2D eigenvalue weighted by atomic mass is 9.81. The summed E-state index contributed by atoms with van der Waals surface area (Å²) in [5.41, 5.74) is 0. The van der Waals surface area contributed by atoms with Gasteiger partial charge < -0.3 is 30.3 Å². The summed E-state index contributed by atoms with van der Waals surface area (Å²) in [5.74, 6) is -0.501. The molecule has 0 amide bonds. The molecule has 1 aliphatic carbocycles. The molecule has 5 unspecified atom stereocenters. The van der Waals surface area contributed by atoms with Crippen molar-refractivity contribution in [3.63, 3.8) is 0 Å². The quantitative estimate of drug-likeness (QED) is 0.194. The Kier molecular flexibility index (Phi) is 16.9. The van der Waals surface area contributed by atoms with E-state index in [2.05, 4.69) is 6.92 Å². The van der Waals surface area contributed by atoms with E-state index in [0.29, 0.717) is 19.4 Å². The minimum absolute atomic E-state index is 0.257. The van der Waals surface area contributed by atoms with Crippen LogP contribution in [0.25, 0.3) is 0 Å². The number of rotatable bonds is 19. The monoisotopic (exact) mass is 446 g/mol. The van der Waals surface area contributed by atoms with Gasteiger partial charge in [0.15, 0.2) is 0 Å². The predicted octanol–water partition coefficient (Wildman–Crippen LogP) is 3.70. The molecular formula is C25H50O6. The highest BCUT2D eigenvalue weighted by molar-refractivity contribution is 4.93. The SMILES string of the molecule is CCCCCCCCCCCCCCC[C@@H](O)CCOC1CC(CO)C(O)C(O)C1O. The third-order valence-electron chi connectivity index (χ3n) is 6.76. The first-order valence-corrected chi connectivity index (χ1v) is 13.0. The van der Waals surface area contributed by atoms with Crippen molar-refractivity contribution in [1.82, 2.24) is 0 Å². The summed E-state index contributed by atoms with van der Waals surface area (Å²) >= 11 is 0. The number of ether oxygens (including phenoxy) is 1. The summed E-state index contributed by atoms with van der Waals surface area (Å²) in [7, 11) is 0. The zero-order valence-electron chi connectivity index (χ0n) is 19.8. The predicted molar refractivity (Wildman–Crippen MR) is 124 cm³/mol. The van der Waals surface area contributed by atoms with Gasteiger partial charge in [0.25, 0.3) is 0 Å². The van der Waals surface area contributed by atoms with Gasteiger partial charge in [0.05, 0.1) is 18.3 Å². The van der Waals surface area contributed by atoms with Crippen LogP contribution in [0.2, 0.25) is 0 Å². The number of aliphatic hydroxyl groups excluding tert-OH is 5. The van der Waals surface area contributed by atoms with Crippen molar-refractivity contribution < 1.29 is 30.3 Å². The average molecular weight is 447 g/mol. The third kappa shape index (κ3) is 12.5. The lowest BCUT2D eigenvalue weighted by molar-refractivity contribution is -0.179. The molecule has 6 heteroatoms. The maximum atomic E-state index is 10.1. The Balaban J connectivity index is 1.94. The second kappa shape index (κ2) is 18.2. The van der Waals surface area contributed by atoms with Crippen molar-refractivity contribution in [2.24, 2.45) is 5.92 Å². The molecule has 6 atom stereocenters. The van der Waals surface area contributed by atoms with E-state index in [1.54, 1.807) is 0 Å². The number of hydrogen-bond donors (Lipinski definition) is 5. The molecule has 0 aromatic heterocycles. The molecule has 6 nitrogen and oxygen atoms in total. The van der Waals surface area contributed by atoms with Crippen molar-refractivity contribution in [3.05, 3.63) is 0 Å². The molecule has 0 spiro atoms. The van der Waals surface area contributed by atoms with Crippen molar-refractivity contribution >= 4 is 0 Å². The molecule has 1 aliphatic rings. The van der Waals surface area contributed by atoms with Gasteiger partial charge in [-0.15, -0.1) is 0 Å². The molecule has 0 bridgehead atoms. The van der Waals surface area contributed by atoms with Gasteiger partial charge in [-0.2, -0.15) is 0 Å². The Bertz CT molecular complexity index is 405. The third-order valence-corrected chi connectivity index (χ3v) is 6.76. The second-order valence-electron chi connectivity index (χ2n) is 9.53. The van der Waals surface area contributed by atoms with Gasteiger partial charge in [0.2, 0.25) is 0 Å². The molecule has 1 saturated carbocycles. The Hall–Kier alpha value is -0.240. The lowest BCUT2D eigenvalue weighted by Crippen LogP contribution is -2.55. The van der Waals surface area contributed by atoms with Gasteiger partial charge in [-0.1, -0.05) is 90.4 Å². The van der Waals surface area contributed by atoms with Crippen LogP contribution < -0.4 is 0 Å². The Morgan fingerprint density at radius 3 is 1.74 bits per heavy atom. The minimum Gasteiger partial charge on any atom is -0.396 e. The number of unbranched alkanes of at least 4 members (excludes halogenated alkanes) is 12. The van der Waals surface area contributed by atoms with E-state index in [1.807, 2.05) is 0 Å². The zero-order chi connectivity index (χ0) is 22.9. The summed E-state index contributed by atoms with van der Waals surface area (Å²) < 4.78 is 5.64. The van der Waals surface area contributed by atoms with E-state index in [0.717, 1.165) is 19.3 Å². The molecule has 0 aromatic carbocycles. The number of aliphatic hydroxyl groups is 5. The van der Waals surface area contributed by atoms with Crippen molar-refractivity contribution in [3.8, 4) is 0 Å². The molecular weight excluding hydrogens is 396 g/mol. The fourth-order valence-corrected chi connectivity index (χ4v) is 4.52. The first kappa shape index (κ1) is 28.8. The van der Waals surface area contributed by atoms with Crippen LogP contribution in [0.5, 0.6) is 0 Å². The molecule has 31 heavy (non-hydrogen) atoms. The largest absolute Gasteiger partial charge is 0.396 e. The van der Waals surface area contributed by atoms with E-state index < -0.39 is 36.4 Å². The van der Waals surface area contributed by atoms with E-state index in [-0.39, 0.29) is 6.61 Å². The maximum absolute atomic E-state index is 10.1. The number of hydrogen-bond acceptors (Lipinski definition) is 6. The maximum Gasteiger partial charge on any atom is 0.109 e. The first-order chi connectivity index (χ1) is 15.0. The normalized spacial score (nSPS) is 27.5. The van der Waals surface area contributed by atoms with Crippen LogP contribution in [0.15, 0.2) is 0 Å².